The summed E-state index contributed by atoms with van der Waals surface area (Å²) >= 11 is 3.51. The van der Waals surface area contributed by atoms with Gasteiger partial charge in [-0.05, 0) is 59.0 Å². The second kappa shape index (κ2) is 8.24. The summed E-state index contributed by atoms with van der Waals surface area (Å²) in [6, 6.07) is 1.94. The molecule has 0 spiro atoms. The second-order valence-corrected chi connectivity index (χ2v) is 6.31. The van der Waals surface area contributed by atoms with Crippen molar-refractivity contribution < 1.29 is 9.84 Å². The lowest BCUT2D eigenvalue weighted by Gasteiger charge is -2.30. The highest BCUT2D eigenvalue weighted by atomic mass is 79.9. The first kappa shape index (κ1) is 17.7. The number of hydrogen-bond donors (Lipinski definition) is 1. The summed E-state index contributed by atoms with van der Waals surface area (Å²) < 4.78 is 5.97. The number of halogens is 1. The van der Waals surface area contributed by atoms with Crippen molar-refractivity contribution in [1.82, 2.24) is 4.90 Å². The number of nitrogens with zero attached hydrogens (tertiary/aromatic N) is 1. The molecule has 1 aliphatic heterocycles. The Kier molecular flexibility index (Phi) is 6.32. The molecule has 1 aliphatic rings. The van der Waals surface area contributed by atoms with Crippen LogP contribution >= 0.6 is 15.9 Å². The fourth-order valence-corrected chi connectivity index (χ4v) is 3.37. The van der Waals surface area contributed by atoms with Gasteiger partial charge in [0, 0.05) is 19.6 Å². The summed E-state index contributed by atoms with van der Waals surface area (Å²) in [4.78, 5) is 2.40. The Balaban J connectivity index is 2.08. The highest BCUT2D eigenvalue weighted by Crippen LogP contribution is 2.40. The average molecular weight is 376 g/mol. The number of aromatic hydroxyl groups is 1. The fraction of sp³-hybridized carbons (Fsp3) is 0.368. The predicted molar refractivity (Wildman–Crippen MR) is 97.7 cm³/mol. The summed E-state index contributed by atoms with van der Waals surface area (Å²) in [5, 5.41) is 10.2. The normalized spacial score (nSPS) is 15.5. The molecule has 1 aromatic rings. The van der Waals surface area contributed by atoms with Gasteiger partial charge in [0.05, 0.1) is 11.6 Å². The van der Waals surface area contributed by atoms with E-state index in [1.54, 1.807) is 13.2 Å². The van der Waals surface area contributed by atoms with Crippen molar-refractivity contribution in [2.45, 2.75) is 26.3 Å². The van der Waals surface area contributed by atoms with Gasteiger partial charge in [-0.3, -0.25) is 4.90 Å². The lowest BCUT2D eigenvalue weighted by atomic mass is 9.98. The van der Waals surface area contributed by atoms with E-state index in [1.165, 1.54) is 11.1 Å². The molecule has 1 heterocycles. The van der Waals surface area contributed by atoms with E-state index in [4.69, 9.17) is 11.2 Å². The monoisotopic (exact) mass is 375 g/mol. The van der Waals surface area contributed by atoms with Gasteiger partial charge in [-0.15, -0.1) is 6.42 Å². The Bertz CT molecular complexity index is 671. The molecule has 0 unspecified atom stereocenters. The molecule has 4 heteroatoms. The molecule has 0 saturated heterocycles. The third-order valence-corrected chi connectivity index (χ3v) is 5.03. The van der Waals surface area contributed by atoms with Crippen molar-refractivity contribution in [3.8, 4) is 23.8 Å². The van der Waals surface area contributed by atoms with Crippen LogP contribution in [0.25, 0.3) is 0 Å². The Hall–Kier alpha value is -1.70. The molecule has 0 aromatic heterocycles. The number of fused-ring (bicyclic) bond motifs is 1. The first-order valence-electron chi connectivity index (χ1n) is 7.68. The van der Waals surface area contributed by atoms with Crippen LogP contribution in [-0.4, -0.2) is 30.2 Å². The van der Waals surface area contributed by atoms with Crippen molar-refractivity contribution in [2.24, 2.45) is 0 Å². The summed E-state index contributed by atoms with van der Waals surface area (Å²) in [7, 11) is 1.57. The molecule has 1 N–H and O–H groups in total. The van der Waals surface area contributed by atoms with Crippen LogP contribution in [0.2, 0.25) is 0 Å². The second-order valence-electron chi connectivity index (χ2n) is 5.52. The number of hydrogen-bond acceptors (Lipinski definition) is 3. The Morgan fingerprint density at radius 2 is 2.35 bits per heavy atom. The minimum Gasteiger partial charge on any atom is -0.503 e. The Labute approximate surface area is 146 Å². The zero-order chi connectivity index (χ0) is 16.8. The van der Waals surface area contributed by atoms with E-state index in [-0.39, 0.29) is 5.75 Å². The Morgan fingerprint density at radius 1 is 1.57 bits per heavy atom. The molecule has 2 rings (SSSR count). The maximum Gasteiger partial charge on any atom is 0.172 e. The van der Waals surface area contributed by atoms with Crippen LogP contribution in [0.3, 0.4) is 0 Å². The maximum absolute atomic E-state index is 10.2. The molecule has 0 saturated carbocycles. The molecule has 0 fully saturated rings. The molecule has 0 radical (unpaired) electrons. The average Bonchev–Trinajstić information content (AvgIpc) is 2.58. The third kappa shape index (κ3) is 4.19. The van der Waals surface area contributed by atoms with Crippen LogP contribution < -0.4 is 4.74 Å². The standard InChI is InChI=1S/C19H22BrNO2/c1-4-6-7-14(5-2)8-10-21-11-9-15-12-17(23-3)19(22)18(20)16(15)13-21/h1,5-7,12,22H,8-11,13H2,2-3H3/b7-6-,14-5+. The van der Waals surface area contributed by atoms with Gasteiger partial charge < -0.3 is 9.84 Å². The number of allylic oxidation sites excluding steroid dienone is 3. The highest BCUT2D eigenvalue weighted by Gasteiger charge is 2.22. The van der Waals surface area contributed by atoms with Crippen molar-refractivity contribution in [1.29, 1.82) is 0 Å². The third-order valence-electron chi connectivity index (χ3n) is 4.18. The van der Waals surface area contributed by atoms with Crippen LogP contribution in [0.1, 0.15) is 24.5 Å². The minimum atomic E-state index is 0.180. The maximum atomic E-state index is 10.2. The molecule has 122 valence electrons. The minimum absolute atomic E-state index is 0.180. The largest absolute Gasteiger partial charge is 0.503 e. The Morgan fingerprint density at radius 3 is 3.00 bits per heavy atom. The van der Waals surface area contributed by atoms with Crippen molar-refractivity contribution in [3.63, 3.8) is 0 Å². The first-order chi connectivity index (χ1) is 11.1. The summed E-state index contributed by atoms with van der Waals surface area (Å²) in [5.41, 5.74) is 3.63. The van der Waals surface area contributed by atoms with E-state index >= 15 is 0 Å². The van der Waals surface area contributed by atoms with Gasteiger partial charge in [-0.1, -0.05) is 23.6 Å². The van der Waals surface area contributed by atoms with Crippen molar-refractivity contribution in [2.75, 3.05) is 20.2 Å². The predicted octanol–water partition coefficient (Wildman–Crippen LogP) is 4.05. The summed E-state index contributed by atoms with van der Waals surface area (Å²) in [5.74, 6) is 3.23. The molecule has 0 atom stereocenters. The molecular weight excluding hydrogens is 354 g/mol. The number of terminal acetylenes is 1. The molecule has 3 nitrogen and oxygen atoms in total. The van der Waals surface area contributed by atoms with E-state index in [9.17, 15) is 5.11 Å². The van der Waals surface area contributed by atoms with Gasteiger partial charge in [0.15, 0.2) is 11.5 Å². The molecule has 0 bridgehead atoms. The van der Waals surface area contributed by atoms with Crippen LogP contribution in [0.5, 0.6) is 11.5 Å². The molecular formula is C19H22BrNO2. The topological polar surface area (TPSA) is 32.7 Å². The molecule has 1 aromatic carbocycles. The van der Waals surface area contributed by atoms with E-state index in [0.717, 1.165) is 42.5 Å². The first-order valence-corrected chi connectivity index (χ1v) is 8.47. The number of benzene rings is 1. The van der Waals surface area contributed by atoms with Crippen molar-refractivity contribution >= 4 is 15.9 Å². The van der Waals surface area contributed by atoms with E-state index in [2.05, 4.69) is 32.8 Å². The lowest BCUT2D eigenvalue weighted by molar-refractivity contribution is 0.255. The number of rotatable bonds is 5. The smallest absolute Gasteiger partial charge is 0.172 e. The molecule has 0 aliphatic carbocycles. The SMILES string of the molecule is C#C/C=C\C(=C/C)CCN1CCc2cc(OC)c(O)c(Br)c2C1. The number of ether oxygens (including phenoxy) is 1. The number of phenols is 1. The molecule has 0 amide bonds. The van der Waals surface area contributed by atoms with E-state index in [0.29, 0.717) is 5.75 Å². The van der Waals surface area contributed by atoms with Gasteiger partial charge in [-0.25, -0.2) is 0 Å². The number of methoxy groups -OCH3 is 1. The fourth-order valence-electron chi connectivity index (χ4n) is 2.79. The highest BCUT2D eigenvalue weighted by molar-refractivity contribution is 9.10. The van der Waals surface area contributed by atoms with Gasteiger partial charge in [0.1, 0.15) is 0 Å². The molecule has 23 heavy (non-hydrogen) atoms. The van der Waals surface area contributed by atoms with Gasteiger partial charge in [0.25, 0.3) is 0 Å². The summed E-state index contributed by atoms with van der Waals surface area (Å²) in [6.07, 6.45) is 13.0. The van der Waals surface area contributed by atoms with Crippen LogP contribution in [-0.2, 0) is 13.0 Å². The lowest BCUT2D eigenvalue weighted by Crippen LogP contribution is -2.31. The van der Waals surface area contributed by atoms with Gasteiger partial charge in [0.2, 0.25) is 0 Å². The van der Waals surface area contributed by atoms with E-state index < -0.39 is 0 Å². The van der Waals surface area contributed by atoms with E-state index in [1.807, 2.05) is 19.1 Å². The van der Waals surface area contributed by atoms with Gasteiger partial charge in [-0.2, -0.15) is 0 Å². The summed E-state index contributed by atoms with van der Waals surface area (Å²) in [6.45, 7) is 4.82. The van der Waals surface area contributed by atoms with Crippen LogP contribution in [0.15, 0.2) is 34.3 Å². The van der Waals surface area contributed by atoms with Crippen LogP contribution in [0, 0.1) is 12.3 Å². The van der Waals surface area contributed by atoms with Crippen molar-refractivity contribution in [3.05, 3.63) is 45.5 Å². The van der Waals surface area contributed by atoms with Crippen LogP contribution in [0.4, 0.5) is 0 Å². The zero-order valence-electron chi connectivity index (χ0n) is 13.6. The quantitative estimate of drug-likeness (QED) is 0.622. The zero-order valence-corrected chi connectivity index (χ0v) is 15.2. The van der Waals surface area contributed by atoms with Gasteiger partial charge >= 0.3 is 0 Å². The number of phenolic OH excluding ortho intramolecular Hbond substituents is 1.